The number of halogens is 5. The second-order valence-electron chi connectivity index (χ2n) is 3.18. The van der Waals surface area contributed by atoms with Crippen LogP contribution in [-0.2, 0) is 12.7 Å². The second kappa shape index (κ2) is 4.32. The Morgan fingerprint density at radius 2 is 1.94 bits per heavy atom. The Balaban J connectivity index is 3.51. The van der Waals surface area contributed by atoms with Gasteiger partial charge < -0.3 is 5.73 Å². The summed E-state index contributed by atoms with van der Waals surface area (Å²) < 4.78 is 62.7. The molecule has 0 aliphatic carbocycles. The molecule has 0 saturated heterocycles. The van der Waals surface area contributed by atoms with E-state index in [0.717, 1.165) is 13.1 Å². The van der Waals surface area contributed by atoms with Gasteiger partial charge in [-0.25, -0.2) is 8.78 Å². The fourth-order valence-corrected chi connectivity index (χ4v) is 1.46. The van der Waals surface area contributed by atoms with Crippen molar-refractivity contribution < 1.29 is 22.0 Å². The van der Waals surface area contributed by atoms with Gasteiger partial charge in [0, 0.05) is 18.3 Å². The number of nitrogens with two attached hydrogens (primary N) is 1. The van der Waals surface area contributed by atoms with Crippen LogP contribution in [0, 0.1) is 6.92 Å². The van der Waals surface area contributed by atoms with Crippen molar-refractivity contribution in [3.8, 4) is 0 Å². The molecule has 0 bridgehead atoms. The fraction of sp³-hybridized carbons (Fsp3) is 0.444. The lowest BCUT2D eigenvalue weighted by Crippen LogP contribution is -2.17. The molecule has 0 atom stereocenters. The van der Waals surface area contributed by atoms with Crippen LogP contribution in [-0.4, -0.2) is 4.98 Å². The quantitative estimate of drug-likeness (QED) is 0.807. The molecule has 2 nitrogen and oxygen atoms in total. The largest absolute Gasteiger partial charge is 0.417 e. The molecule has 0 fully saturated rings. The van der Waals surface area contributed by atoms with Gasteiger partial charge in [0.2, 0.25) is 0 Å². The van der Waals surface area contributed by atoms with Gasteiger partial charge in [0.15, 0.2) is 0 Å². The SMILES string of the molecule is Cc1cnc(C(F)F)c(CN)c1C(F)(F)F. The first-order valence-corrected chi connectivity index (χ1v) is 4.32. The molecular weight excluding hydrogens is 231 g/mol. The van der Waals surface area contributed by atoms with E-state index in [1.54, 1.807) is 0 Å². The highest BCUT2D eigenvalue weighted by atomic mass is 19.4. The third-order valence-electron chi connectivity index (χ3n) is 2.10. The smallest absolute Gasteiger partial charge is 0.326 e. The lowest BCUT2D eigenvalue weighted by molar-refractivity contribution is -0.138. The maximum Gasteiger partial charge on any atom is 0.417 e. The van der Waals surface area contributed by atoms with Gasteiger partial charge >= 0.3 is 6.18 Å². The second-order valence-corrected chi connectivity index (χ2v) is 3.18. The molecule has 0 unspecified atom stereocenters. The summed E-state index contributed by atoms with van der Waals surface area (Å²) in [4.78, 5) is 3.29. The van der Waals surface area contributed by atoms with Crippen LogP contribution >= 0.6 is 0 Å². The van der Waals surface area contributed by atoms with E-state index in [1.165, 1.54) is 0 Å². The van der Waals surface area contributed by atoms with Gasteiger partial charge in [-0.3, -0.25) is 4.98 Å². The lowest BCUT2D eigenvalue weighted by atomic mass is 10.0. The van der Waals surface area contributed by atoms with Gasteiger partial charge in [0.1, 0.15) is 5.69 Å². The third-order valence-corrected chi connectivity index (χ3v) is 2.10. The molecule has 7 heteroatoms. The Bertz CT molecular complexity index is 386. The molecule has 0 aliphatic heterocycles. The van der Waals surface area contributed by atoms with Crippen molar-refractivity contribution in [2.24, 2.45) is 5.73 Å². The van der Waals surface area contributed by atoms with Gasteiger partial charge in [-0.15, -0.1) is 0 Å². The van der Waals surface area contributed by atoms with E-state index in [0.29, 0.717) is 0 Å². The van der Waals surface area contributed by atoms with Crippen LogP contribution in [0.2, 0.25) is 0 Å². The van der Waals surface area contributed by atoms with E-state index in [4.69, 9.17) is 5.73 Å². The van der Waals surface area contributed by atoms with Crippen LogP contribution < -0.4 is 5.73 Å². The molecule has 90 valence electrons. The van der Waals surface area contributed by atoms with Gasteiger partial charge in [0.25, 0.3) is 6.43 Å². The first kappa shape index (κ1) is 12.8. The van der Waals surface area contributed by atoms with E-state index in [9.17, 15) is 22.0 Å². The van der Waals surface area contributed by atoms with Crippen LogP contribution in [0.25, 0.3) is 0 Å². The number of rotatable bonds is 2. The summed E-state index contributed by atoms with van der Waals surface area (Å²) in [7, 11) is 0. The average Bonchev–Trinajstić information content (AvgIpc) is 2.14. The Labute approximate surface area is 88.3 Å². The minimum absolute atomic E-state index is 0.211. The number of hydrogen-bond acceptors (Lipinski definition) is 2. The normalized spacial score (nSPS) is 12.2. The molecular formula is C9H9F5N2. The summed E-state index contributed by atoms with van der Waals surface area (Å²) in [5, 5.41) is 0. The molecule has 0 spiro atoms. The van der Waals surface area contributed by atoms with Gasteiger partial charge in [-0.1, -0.05) is 0 Å². The van der Waals surface area contributed by atoms with Crippen LogP contribution in [0.3, 0.4) is 0 Å². The summed E-state index contributed by atoms with van der Waals surface area (Å²) in [6.45, 7) is 0.535. The number of aryl methyl sites for hydroxylation is 1. The molecule has 0 aromatic carbocycles. The Morgan fingerprint density at radius 1 is 1.38 bits per heavy atom. The van der Waals surface area contributed by atoms with Crippen molar-refractivity contribution >= 4 is 0 Å². The van der Waals surface area contributed by atoms with E-state index in [2.05, 4.69) is 4.98 Å². The molecule has 1 aromatic heterocycles. The highest BCUT2D eigenvalue weighted by Gasteiger charge is 2.37. The number of alkyl halides is 5. The van der Waals surface area contributed by atoms with Gasteiger partial charge in [-0.05, 0) is 12.5 Å². The standard InChI is InChI=1S/C9H9F5N2/c1-4-3-16-7(8(10)11)5(2-15)6(4)9(12,13)14/h3,8H,2,15H2,1H3. The van der Waals surface area contributed by atoms with E-state index < -0.39 is 36.0 Å². The summed E-state index contributed by atoms with van der Waals surface area (Å²) >= 11 is 0. The van der Waals surface area contributed by atoms with E-state index in [-0.39, 0.29) is 5.56 Å². The van der Waals surface area contributed by atoms with Crippen LogP contribution in [0.15, 0.2) is 6.20 Å². The van der Waals surface area contributed by atoms with Gasteiger partial charge in [-0.2, -0.15) is 13.2 Å². The number of nitrogens with zero attached hydrogens (tertiary/aromatic N) is 1. The average molecular weight is 240 g/mol. The fourth-order valence-electron chi connectivity index (χ4n) is 1.46. The topological polar surface area (TPSA) is 38.9 Å². The van der Waals surface area contributed by atoms with Crippen LogP contribution in [0.4, 0.5) is 22.0 Å². The summed E-state index contributed by atoms with van der Waals surface area (Å²) in [6, 6.07) is 0. The highest BCUT2D eigenvalue weighted by molar-refractivity contribution is 5.38. The monoisotopic (exact) mass is 240 g/mol. The zero-order valence-corrected chi connectivity index (χ0v) is 8.28. The van der Waals surface area contributed by atoms with Crippen molar-refractivity contribution in [2.45, 2.75) is 26.1 Å². The molecule has 16 heavy (non-hydrogen) atoms. The van der Waals surface area contributed by atoms with Crippen LogP contribution in [0.5, 0.6) is 0 Å². The van der Waals surface area contributed by atoms with Gasteiger partial charge in [0.05, 0.1) is 5.56 Å². The molecule has 1 rings (SSSR count). The first-order chi connectivity index (χ1) is 7.29. The zero-order chi connectivity index (χ0) is 12.5. The van der Waals surface area contributed by atoms with E-state index in [1.807, 2.05) is 0 Å². The zero-order valence-electron chi connectivity index (χ0n) is 8.28. The maximum absolute atomic E-state index is 12.6. The maximum atomic E-state index is 12.6. The van der Waals surface area contributed by atoms with Crippen molar-refractivity contribution in [3.05, 3.63) is 28.6 Å². The summed E-state index contributed by atoms with van der Waals surface area (Å²) in [6.07, 6.45) is -6.99. The highest BCUT2D eigenvalue weighted by Crippen LogP contribution is 2.37. The molecule has 0 saturated carbocycles. The third kappa shape index (κ3) is 2.29. The molecule has 1 heterocycles. The molecule has 0 aliphatic rings. The van der Waals surface area contributed by atoms with Crippen molar-refractivity contribution in [1.82, 2.24) is 4.98 Å². The molecule has 0 amide bonds. The number of pyridine rings is 1. The first-order valence-electron chi connectivity index (χ1n) is 4.32. The predicted octanol–water partition coefficient (Wildman–Crippen LogP) is 2.81. The Hall–Kier alpha value is -1.24. The molecule has 0 radical (unpaired) electrons. The van der Waals surface area contributed by atoms with Crippen molar-refractivity contribution in [3.63, 3.8) is 0 Å². The molecule has 2 N–H and O–H groups in total. The van der Waals surface area contributed by atoms with E-state index >= 15 is 0 Å². The number of aromatic nitrogens is 1. The summed E-state index contributed by atoms with van der Waals surface area (Å²) in [5.41, 5.74) is 2.22. The van der Waals surface area contributed by atoms with Crippen molar-refractivity contribution in [1.29, 1.82) is 0 Å². The van der Waals surface area contributed by atoms with Crippen molar-refractivity contribution in [2.75, 3.05) is 0 Å². The molecule has 1 aromatic rings. The minimum Gasteiger partial charge on any atom is -0.326 e. The summed E-state index contributed by atoms with van der Waals surface area (Å²) in [5.74, 6) is 0. The Kier molecular flexibility index (Phi) is 3.47. The van der Waals surface area contributed by atoms with Crippen LogP contribution in [0.1, 0.15) is 28.8 Å². The predicted molar refractivity (Wildman–Crippen MR) is 46.8 cm³/mol. The minimum atomic E-state index is -4.70. The lowest BCUT2D eigenvalue weighted by Gasteiger charge is -2.17. The Morgan fingerprint density at radius 3 is 2.31 bits per heavy atom. The number of hydrogen-bond donors (Lipinski definition) is 1.